The fraction of sp³-hybridized carbons (Fsp3) is 0.278. The van der Waals surface area contributed by atoms with Gasteiger partial charge in [-0.1, -0.05) is 12.1 Å². The average Bonchev–Trinajstić information content (AvgIpc) is 2.60. The first kappa shape index (κ1) is 21.0. The van der Waals surface area contributed by atoms with Crippen LogP contribution in [-0.2, 0) is 21.2 Å². The van der Waals surface area contributed by atoms with Crippen molar-refractivity contribution in [3.8, 4) is 0 Å². The van der Waals surface area contributed by atoms with Crippen LogP contribution in [0.15, 0.2) is 47.4 Å². The van der Waals surface area contributed by atoms with Crippen LogP contribution in [0.25, 0.3) is 0 Å². The summed E-state index contributed by atoms with van der Waals surface area (Å²) in [5.74, 6) is -0.230. The molecule has 0 saturated carbocycles. The number of rotatable bonds is 4. The number of fused-ring (bicyclic) bond motifs is 1. The normalized spacial score (nSPS) is 14.7. The van der Waals surface area contributed by atoms with Crippen molar-refractivity contribution >= 4 is 45.4 Å². The van der Waals surface area contributed by atoms with Crippen LogP contribution in [0, 0.1) is 0 Å². The second-order valence-corrected chi connectivity index (χ2v) is 7.94. The van der Waals surface area contributed by atoms with Gasteiger partial charge >= 0.3 is 0 Å². The Kier molecular flexibility index (Phi) is 6.35. The highest BCUT2D eigenvalue weighted by Gasteiger charge is 2.27. The molecule has 1 unspecified atom stereocenters. The molecule has 0 aliphatic carbocycles. The smallest absolute Gasteiger partial charge is 0.246 e. The molecule has 2 aromatic carbocycles. The fourth-order valence-corrected chi connectivity index (χ4v) is 3.78. The predicted molar refractivity (Wildman–Crippen MR) is 110 cm³/mol. The second-order valence-electron chi connectivity index (χ2n) is 6.38. The summed E-state index contributed by atoms with van der Waals surface area (Å²) in [4.78, 5) is 14.7. The van der Waals surface area contributed by atoms with Gasteiger partial charge in [0.05, 0.1) is 4.90 Å². The lowest BCUT2D eigenvalue weighted by atomic mass is 9.98. The molecule has 0 saturated heterocycles. The molecule has 1 aliphatic heterocycles. The molecular formula is C18H23ClN4O3S. The van der Waals surface area contributed by atoms with Gasteiger partial charge in [-0.3, -0.25) is 4.79 Å². The maximum atomic E-state index is 12.7. The van der Waals surface area contributed by atoms with Crippen molar-refractivity contribution in [3.05, 3.63) is 48.0 Å². The molecule has 0 aromatic heterocycles. The second kappa shape index (κ2) is 8.16. The Morgan fingerprint density at radius 3 is 2.63 bits per heavy atom. The van der Waals surface area contributed by atoms with Gasteiger partial charge in [0.1, 0.15) is 6.04 Å². The Bertz CT molecular complexity index is 949. The van der Waals surface area contributed by atoms with Crippen LogP contribution >= 0.6 is 12.4 Å². The van der Waals surface area contributed by atoms with Gasteiger partial charge in [-0.2, -0.15) is 0 Å². The van der Waals surface area contributed by atoms with Gasteiger partial charge in [0.15, 0.2) is 0 Å². The molecule has 9 heteroatoms. The van der Waals surface area contributed by atoms with E-state index in [4.69, 9.17) is 10.9 Å². The van der Waals surface area contributed by atoms with E-state index in [1.54, 1.807) is 6.07 Å². The summed E-state index contributed by atoms with van der Waals surface area (Å²) in [5, 5.41) is 7.90. The third-order valence-corrected chi connectivity index (χ3v) is 5.51. The van der Waals surface area contributed by atoms with E-state index in [2.05, 4.69) is 5.32 Å². The number of halogens is 1. The van der Waals surface area contributed by atoms with Crippen LogP contribution in [-0.4, -0.2) is 26.9 Å². The zero-order chi connectivity index (χ0) is 18.9. The molecule has 0 spiro atoms. The molecular weight excluding hydrogens is 388 g/mol. The Labute approximate surface area is 165 Å². The Balaban J connectivity index is 0.00000261. The topological polar surface area (TPSA) is 119 Å². The number of amides is 1. The number of primary sulfonamides is 1. The zero-order valence-corrected chi connectivity index (χ0v) is 16.5. The molecule has 7 nitrogen and oxygen atoms in total. The minimum absolute atomic E-state index is 0. The molecule has 146 valence electrons. The molecule has 1 amide bonds. The quantitative estimate of drug-likeness (QED) is 0.667. The van der Waals surface area contributed by atoms with E-state index in [1.165, 1.54) is 18.2 Å². The molecule has 0 radical (unpaired) electrons. The number of nitrogens with two attached hydrogens (primary N) is 2. The lowest BCUT2D eigenvalue weighted by Gasteiger charge is -2.36. The van der Waals surface area contributed by atoms with E-state index in [-0.39, 0.29) is 23.2 Å². The van der Waals surface area contributed by atoms with Gasteiger partial charge in [-0.05, 0) is 55.7 Å². The summed E-state index contributed by atoms with van der Waals surface area (Å²) in [6.07, 6.45) is 1.81. The third kappa shape index (κ3) is 4.52. The molecule has 1 aliphatic rings. The Morgan fingerprint density at radius 1 is 1.22 bits per heavy atom. The van der Waals surface area contributed by atoms with E-state index in [1.807, 2.05) is 30.0 Å². The van der Waals surface area contributed by atoms with Gasteiger partial charge in [-0.15, -0.1) is 12.4 Å². The molecule has 0 bridgehead atoms. The molecule has 2 aromatic rings. The van der Waals surface area contributed by atoms with Gasteiger partial charge in [0.2, 0.25) is 15.9 Å². The first-order valence-electron chi connectivity index (χ1n) is 8.35. The highest BCUT2D eigenvalue weighted by atomic mass is 35.5. The number of carbonyl (C=O) groups is 1. The molecule has 1 heterocycles. The number of benzene rings is 2. The highest BCUT2D eigenvalue weighted by molar-refractivity contribution is 7.89. The number of nitrogens with one attached hydrogen (secondary N) is 1. The number of anilines is 3. The molecule has 0 fully saturated rings. The summed E-state index contributed by atoms with van der Waals surface area (Å²) in [7, 11) is -3.82. The average molecular weight is 411 g/mol. The summed E-state index contributed by atoms with van der Waals surface area (Å²) >= 11 is 0. The van der Waals surface area contributed by atoms with Crippen LogP contribution in [0.1, 0.15) is 18.9 Å². The number of hydrogen-bond donors (Lipinski definition) is 3. The summed E-state index contributed by atoms with van der Waals surface area (Å²) in [6, 6.07) is 11.2. The predicted octanol–water partition coefficient (Wildman–Crippen LogP) is 2.12. The monoisotopic (exact) mass is 410 g/mol. The van der Waals surface area contributed by atoms with Crippen LogP contribution in [0.5, 0.6) is 0 Å². The lowest BCUT2D eigenvalue weighted by Crippen LogP contribution is -2.44. The van der Waals surface area contributed by atoms with Crippen LogP contribution in [0.4, 0.5) is 17.1 Å². The van der Waals surface area contributed by atoms with Gasteiger partial charge < -0.3 is 16.0 Å². The number of carbonyl (C=O) groups excluding carboxylic acids is 1. The largest absolute Gasteiger partial charge is 0.398 e. The van der Waals surface area contributed by atoms with Crippen molar-refractivity contribution in [1.29, 1.82) is 0 Å². The lowest BCUT2D eigenvalue weighted by molar-refractivity contribution is -0.117. The van der Waals surface area contributed by atoms with Crippen LogP contribution in [0.3, 0.4) is 0 Å². The number of sulfonamides is 1. The molecule has 5 N–H and O–H groups in total. The van der Waals surface area contributed by atoms with Crippen molar-refractivity contribution in [3.63, 3.8) is 0 Å². The van der Waals surface area contributed by atoms with E-state index < -0.39 is 16.1 Å². The highest BCUT2D eigenvalue weighted by Crippen LogP contribution is 2.32. The minimum Gasteiger partial charge on any atom is -0.398 e. The van der Waals surface area contributed by atoms with E-state index in [0.717, 1.165) is 36.3 Å². The summed E-state index contributed by atoms with van der Waals surface area (Å²) in [6.45, 7) is 2.57. The van der Waals surface area contributed by atoms with E-state index >= 15 is 0 Å². The first-order chi connectivity index (χ1) is 12.3. The third-order valence-electron chi connectivity index (χ3n) is 4.60. The maximum Gasteiger partial charge on any atom is 0.246 e. The van der Waals surface area contributed by atoms with Crippen molar-refractivity contribution in [2.24, 2.45) is 5.14 Å². The van der Waals surface area contributed by atoms with Crippen LogP contribution in [0.2, 0.25) is 0 Å². The standard InChI is InChI=1S/C18H22N4O3S.ClH/c1-12(22-10-4-7-15-16(19)8-3-9-17(15)22)18(23)21-13-5-2-6-14(11-13)26(20,24)25;/h2-3,5-6,8-9,11-12H,4,7,10,19H2,1H3,(H,21,23)(H2,20,24,25);1H. The van der Waals surface area contributed by atoms with Gasteiger partial charge in [0, 0.05) is 23.6 Å². The first-order valence-corrected chi connectivity index (χ1v) is 9.90. The van der Waals surface area contributed by atoms with E-state index in [0.29, 0.717) is 5.69 Å². The summed E-state index contributed by atoms with van der Waals surface area (Å²) < 4.78 is 22.9. The fourth-order valence-electron chi connectivity index (χ4n) is 3.22. The Morgan fingerprint density at radius 2 is 1.93 bits per heavy atom. The van der Waals surface area contributed by atoms with Crippen LogP contribution < -0.4 is 21.1 Å². The van der Waals surface area contributed by atoms with Crippen molar-refractivity contribution < 1.29 is 13.2 Å². The summed E-state index contributed by atoms with van der Waals surface area (Å²) in [5.41, 5.74) is 9.22. The number of nitrogens with zero attached hydrogens (tertiary/aromatic N) is 1. The van der Waals surface area contributed by atoms with Crippen molar-refractivity contribution in [2.45, 2.75) is 30.7 Å². The molecule has 27 heavy (non-hydrogen) atoms. The number of nitrogen functional groups attached to an aromatic ring is 1. The van der Waals surface area contributed by atoms with Crippen molar-refractivity contribution in [2.75, 3.05) is 22.5 Å². The number of hydrogen-bond acceptors (Lipinski definition) is 5. The van der Waals surface area contributed by atoms with E-state index in [9.17, 15) is 13.2 Å². The molecule has 1 atom stereocenters. The Hall–Kier alpha value is -2.29. The molecule has 3 rings (SSSR count). The minimum atomic E-state index is -3.82. The SMILES string of the molecule is CC(C(=O)Nc1cccc(S(N)(=O)=O)c1)N1CCCc2c(N)cccc21.Cl. The maximum absolute atomic E-state index is 12.7. The zero-order valence-electron chi connectivity index (χ0n) is 14.9. The van der Waals surface area contributed by atoms with Gasteiger partial charge in [0.25, 0.3) is 0 Å². The van der Waals surface area contributed by atoms with Gasteiger partial charge in [-0.25, -0.2) is 13.6 Å². The van der Waals surface area contributed by atoms with Crippen molar-refractivity contribution in [1.82, 2.24) is 0 Å².